The van der Waals surface area contributed by atoms with E-state index in [1.165, 1.54) is 0 Å². The molecule has 104 valence electrons. The third kappa shape index (κ3) is 3.26. The van der Waals surface area contributed by atoms with Crippen LogP contribution in [-0.4, -0.2) is 36.0 Å². The van der Waals surface area contributed by atoms with Crippen LogP contribution in [0.4, 0.5) is 5.69 Å². The predicted molar refractivity (Wildman–Crippen MR) is 77.8 cm³/mol. The number of carbonyl (C=O) groups excluding carboxylic acids is 1. The van der Waals surface area contributed by atoms with E-state index in [-0.39, 0.29) is 11.9 Å². The van der Waals surface area contributed by atoms with Gasteiger partial charge < -0.3 is 16.0 Å². The zero-order valence-electron chi connectivity index (χ0n) is 11.7. The third-order valence-corrected chi connectivity index (χ3v) is 4.02. The summed E-state index contributed by atoms with van der Waals surface area (Å²) in [6, 6.07) is 8.38. The van der Waals surface area contributed by atoms with Crippen molar-refractivity contribution >= 4 is 11.6 Å². The largest absolute Gasteiger partial charge is 0.399 e. The normalized spacial score (nSPS) is 23.4. The number of aryl methyl sites for hydroxylation is 1. The Labute approximate surface area is 115 Å². The second-order valence-corrected chi connectivity index (χ2v) is 5.27. The Kier molecular flexibility index (Phi) is 4.43. The van der Waals surface area contributed by atoms with E-state index in [9.17, 15) is 4.79 Å². The van der Waals surface area contributed by atoms with Crippen molar-refractivity contribution in [2.45, 2.75) is 38.8 Å². The minimum absolute atomic E-state index is 0.226. The zero-order chi connectivity index (χ0) is 13.8. The Morgan fingerprint density at radius 1 is 1.42 bits per heavy atom. The highest BCUT2D eigenvalue weighted by Crippen LogP contribution is 2.15. The summed E-state index contributed by atoms with van der Waals surface area (Å²) in [5, 5.41) is 3.39. The first kappa shape index (κ1) is 13.9. The number of anilines is 1. The van der Waals surface area contributed by atoms with Gasteiger partial charge in [0.2, 0.25) is 5.91 Å². The highest BCUT2D eigenvalue weighted by atomic mass is 16.2. The van der Waals surface area contributed by atoms with Crippen LogP contribution in [0.1, 0.15) is 25.8 Å². The molecule has 1 saturated heterocycles. The second kappa shape index (κ2) is 6.06. The molecule has 19 heavy (non-hydrogen) atoms. The Bertz CT molecular complexity index is 447. The Morgan fingerprint density at radius 3 is 2.89 bits per heavy atom. The number of amides is 1. The molecule has 1 aliphatic heterocycles. The van der Waals surface area contributed by atoms with Crippen LogP contribution in [0.2, 0.25) is 0 Å². The Morgan fingerprint density at radius 2 is 2.16 bits per heavy atom. The molecule has 1 amide bonds. The van der Waals surface area contributed by atoms with E-state index in [4.69, 9.17) is 5.73 Å². The lowest BCUT2D eigenvalue weighted by molar-refractivity contribution is -0.134. The summed E-state index contributed by atoms with van der Waals surface area (Å²) in [7, 11) is 0. The van der Waals surface area contributed by atoms with Crippen LogP contribution < -0.4 is 11.1 Å². The maximum atomic E-state index is 12.3. The smallest absolute Gasteiger partial charge is 0.223 e. The predicted octanol–water partition coefficient (Wildman–Crippen LogP) is 1.41. The lowest BCUT2D eigenvalue weighted by atomic mass is 10.0. The molecule has 0 aliphatic carbocycles. The lowest BCUT2D eigenvalue weighted by Gasteiger charge is -2.38. The fourth-order valence-electron chi connectivity index (χ4n) is 2.56. The molecule has 0 saturated carbocycles. The van der Waals surface area contributed by atoms with E-state index in [1.54, 1.807) is 0 Å². The van der Waals surface area contributed by atoms with Crippen molar-refractivity contribution in [2.24, 2.45) is 0 Å². The van der Waals surface area contributed by atoms with Crippen molar-refractivity contribution in [3.05, 3.63) is 29.8 Å². The molecule has 1 fully saturated rings. The van der Waals surface area contributed by atoms with Crippen LogP contribution in [0.5, 0.6) is 0 Å². The van der Waals surface area contributed by atoms with Crippen LogP contribution in [0.25, 0.3) is 0 Å². The first-order valence-corrected chi connectivity index (χ1v) is 6.96. The number of para-hydroxylation sites is 1. The van der Waals surface area contributed by atoms with Crippen LogP contribution in [-0.2, 0) is 11.2 Å². The van der Waals surface area contributed by atoms with Crippen molar-refractivity contribution in [1.82, 2.24) is 10.2 Å². The van der Waals surface area contributed by atoms with Crippen molar-refractivity contribution in [1.29, 1.82) is 0 Å². The molecular weight excluding hydrogens is 238 g/mol. The molecule has 1 aromatic carbocycles. The average molecular weight is 261 g/mol. The van der Waals surface area contributed by atoms with Gasteiger partial charge in [-0.2, -0.15) is 0 Å². The SMILES string of the molecule is CC1NCCN(C(=O)CCc2ccccc2N)C1C. The minimum atomic E-state index is 0.226. The number of piperazine rings is 1. The lowest BCUT2D eigenvalue weighted by Crippen LogP contribution is -2.57. The van der Waals surface area contributed by atoms with Gasteiger partial charge in [-0.1, -0.05) is 18.2 Å². The summed E-state index contributed by atoms with van der Waals surface area (Å²) < 4.78 is 0. The van der Waals surface area contributed by atoms with Gasteiger partial charge in [0.15, 0.2) is 0 Å². The molecule has 2 unspecified atom stereocenters. The van der Waals surface area contributed by atoms with Crippen molar-refractivity contribution in [3.63, 3.8) is 0 Å². The molecule has 1 aromatic rings. The number of nitrogens with two attached hydrogens (primary N) is 1. The summed E-state index contributed by atoms with van der Waals surface area (Å²) in [4.78, 5) is 14.3. The third-order valence-electron chi connectivity index (χ3n) is 4.02. The van der Waals surface area contributed by atoms with Gasteiger partial charge in [-0.05, 0) is 31.9 Å². The van der Waals surface area contributed by atoms with Gasteiger partial charge in [-0.25, -0.2) is 0 Å². The van der Waals surface area contributed by atoms with Gasteiger partial charge in [0.1, 0.15) is 0 Å². The molecule has 1 heterocycles. The van der Waals surface area contributed by atoms with Gasteiger partial charge in [0, 0.05) is 37.3 Å². The highest BCUT2D eigenvalue weighted by molar-refractivity contribution is 5.77. The van der Waals surface area contributed by atoms with Gasteiger partial charge in [-0.3, -0.25) is 4.79 Å². The highest BCUT2D eigenvalue weighted by Gasteiger charge is 2.27. The first-order valence-electron chi connectivity index (χ1n) is 6.96. The zero-order valence-corrected chi connectivity index (χ0v) is 11.7. The van der Waals surface area contributed by atoms with Gasteiger partial charge in [-0.15, -0.1) is 0 Å². The summed E-state index contributed by atoms with van der Waals surface area (Å²) in [6.45, 7) is 5.91. The number of hydrogen-bond donors (Lipinski definition) is 2. The second-order valence-electron chi connectivity index (χ2n) is 5.27. The summed E-state index contributed by atoms with van der Waals surface area (Å²) in [6.07, 6.45) is 1.25. The first-order chi connectivity index (χ1) is 9.09. The molecule has 2 atom stereocenters. The van der Waals surface area contributed by atoms with E-state index in [0.717, 1.165) is 30.8 Å². The van der Waals surface area contributed by atoms with Gasteiger partial charge >= 0.3 is 0 Å². The average Bonchev–Trinajstić information content (AvgIpc) is 2.40. The molecule has 4 nitrogen and oxygen atoms in total. The fourth-order valence-corrected chi connectivity index (χ4v) is 2.56. The monoisotopic (exact) mass is 261 g/mol. The fraction of sp³-hybridized carbons (Fsp3) is 0.533. The molecule has 0 radical (unpaired) electrons. The topological polar surface area (TPSA) is 58.4 Å². The Hall–Kier alpha value is -1.55. The van der Waals surface area contributed by atoms with Crippen molar-refractivity contribution in [2.75, 3.05) is 18.8 Å². The number of hydrogen-bond acceptors (Lipinski definition) is 3. The van der Waals surface area contributed by atoms with Crippen molar-refractivity contribution < 1.29 is 4.79 Å². The Balaban J connectivity index is 1.92. The molecule has 2 rings (SSSR count). The van der Waals surface area contributed by atoms with Crippen molar-refractivity contribution in [3.8, 4) is 0 Å². The summed E-state index contributed by atoms with van der Waals surface area (Å²) in [5.41, 5.74) is 7.74. The number of benzene rings is 1. The van der Waals surface area contributed by atoms with Crippen LogP contribution in [0, 0.1) is 0 Å². The number of nitrogens with zero attached hydrogens (tertiary/aromatic N) is 1. The van der Waals surface area contributed by atoms with Crippen LogP contribution >= 0.6 is 0 Å². The molecule has 0 bridgehead atoms. The molecule has 4 heteroatoms. The van der Waals surface area contributed by atoms with E-state index >= 15 is 0 Å². The number of carbonyl (C=O) groups is 1. The maximum absolute atomic E-state index is 12.3. The maximum Gasteiger partial charge on any atom is 0.223 e. The molecular formula is C15H23N3O. The van der Waals surface area contributed by atoms with E-state index in [2.05, 4.69) is 19.2 Å². The van der Waals surface area contributed by atoms with Crippen LogP contribution in [0.15, 0.2) is 24.3 Å². The molecule has 3 N–H and O–H groups in total. The minimum Gasteiger partial charge on any atom is -0.399 e. The molecule has 1 aliphatic rings. The van der Waals surface area contributed by atoms with E-state index < -0.39 is 0 Å². The van der Waals surface area contributed by atoms with Gasteiger partial charge in [0.05, 0.1) is 0 Å². The molecule has 0 aromatic heterocycles. The molecule has 0 spiro atoms. The van der Waals surface area contributed by atoms with Gasteiger partial charge in [0.25, 0.3) is 0 Å². The van der Waals surface area contributed by atoms with E-state index in [1.807, 2.05) is 29.2 Å². The summed E-state index contributed by atoms with van der Waals surface area (Å²) in [5.74, 6) is 0.226. The standard InChI is InChI=1S/C15H23N3O/c1-11-12(2)18(10-9-17-11)15(19)8-7-13-5-3-4-6-14(13)16/h3-6,11-12,17H,7-10,16H2,1-2H3. The number of nitrogen functional groups attached to an aromatic ring is 1. The van der Waals surface area contributed by atoms with Crippen LogP contribution in [0.3, 0.4) is 0 Å². The number of rotatable bonds is 3. The quantitative estimate of drug-likeness (QED) is 0.809. The van der Waals surface area contributed by atoms with E-state index in [0.29, 0.717) is 12.5 Å². The summed E-state index contributed by atoms with van der Waals surface area (Å²) >= 11 is 0. The number of nitrogens with one attached hydrogen (secondary N) is 1.